The number of hydrogen-bond donors (Lipinski definition) is 3. The first kappa shape index (κ1) is 21.7. The molecule has 0 unspecified atom stereocenters. The summed E-state index contributed by atoms with van der Waals surface area (Å²) >= 11 is 0. The van der Waals surface area contributed by atoms with Crippen LogP contribution in [0.5, 0.6) is 0 Å². The van der Waals surface area contributed by atoms with Gasteiger partial charge in [0.2, 0.25) is 16.0 Å². The molecular formula is C20H20N6O4S2. The minimum absolute atomic E-state index is 0.0118. The van der Waals surface area contributed by atoms with Crippen molar-refractivity contribution in [3.63, 3.8) is 0 Å². The van der Waals surface area contributed by atoms with Gasteiger partial charge in [0.15, 0.2) is 15.7 Å². The fourth-order valence-corrected chi connectivity index (χ4v) is 4.57. The number of fused-ring (bicyclic) bond motifs is 1. The number of anilines is 4. The molecule has 0 radical (unpaired) electrons. The largest absolute Gasteiger partial charge is 0.346 e. The van der Waals surface area contributed by atoms with E-state index >= 15 is 0 Å². The molecule has 32 heavy (non-hydrogen) atoms. The van der Waals surface area contributed by atoms with Crippen LogP contribution in [-0.2, 0) is 26.9 Å². The molecule has 0 atom stereocenters. The molecule has 0 fully saturated rings. The van der Waals surface area contributed by atoms with Crippen LogP contribution < -0.4 is 15.8 Å². The molecular weight excluding hydrogens is 452 g/mol. The second-order valence-corrected chi connectivity index (χ2v) is 10.7. The molecule has 0 saturated heterocycles. The molecule has 0 bridgehead atoms. The average Bonchev–Trinajstić information content (AvgIpc) is 3.08. The minimum atomic E-state index is -3.80. The van der Waals surface area contributed by atoms with Crippen LogP contribution in [-0.4, -0.2) is 37.6 Å². The number of nitrogens with one attached hydrogen (secondary N) is 2. The van der Waals surface area contributed by atoms with Crippen molar-refractivity contribution in [1.29, 1.82) is 0 Å². The van der Waals surface area contributed by atoms with E-state index < -0.39 is 19.9 Å². The Balaban J connectivity index is 1.75. The van der Waals surface area contributed by atoms with Gasteiger partial charge in [-0.15, -0.1) is 0 Å². The molecule has 0 saturated carbocycles. The first-order valence-electron chi connectivity index (χ1n) is 9.31. The van der Waals surface area contributed by atoms with E-state index in [9.17, 15) is 16.8 Å². The van der Waals surface area contributed by atoms with Crippen molar-refractivity contribution in [1.82, 2.24) is 14.5 Å². The zero-order valence-corrected chi connectivity index (χ0v) is 18.8. The van der Waals surface area contributed by atoms with E-state index in [1.807, 2.05) is 17.8 Å². The summed E-state index contributed by atoms with van der Waals surface area (Å²) in [7, 11) is -5.43. The van der Waals surface area contributed by atoms with Crippen molar-refractivity contribution in [2.45, 2.75) is 9.79 Å². The lowest BCUT2D eigenvalue weighted by atomic mass is 10.3. The maximum atomic E-state index is 12.2. The monoisotopic (exact) mass is 472 g/mol. The molecule has 0 aliphatic heterocycles. The Labute approximate surface area is 185 Å². The van der Waals surface area contributed by atoms with Crippen molar-refractivity contribution in [2.75, 3.05) is 16.9 Å². The van der Waals surface area contributed by atoms with Gasteiger partial charge in [0.25, 0.3) is 0 Å². The molecule has 2 heterocycles. The molecule has 10 nitrogen and oxygen atoms in total. The summed E-state index contributed by atoms with van der Waals surface area (Å²) in [6, 6.07) is 14.2. The predicted octanol–water partition coefficient (Wildman–Crippen LogP) is 2.51. The van der Waals surface area contributed by atoms with Crippen molar-refractivity contribution in [3.8, 4) is 0 Å². The zero-order valence-electron chi connectivity index (χ0n) is 17.1. The number of primary sulfonamides is 1. The summed E-state index contributed by atoms with van der Waals surface area (Å²) in [5, 5.41) is 11.3. The zero-order chi connectivity index (χ0) is 23.1. The number of aryl methyl sites for hydroxylation is 1. The molecule has 166 valence electrons. The summed E-state index contributed by atoms with van der Waals surface area (Å²) in [5.74, 6) is 0.647. The maximum Gasteiger partial charge on any atom is 0.238 e. The normalized spacial score (nSPS) is 12.1. The minimum Gasteiger partial charge on any atom is -0.346 e. The SMILES string of the molecule is Cn1ccc2nc(Nc3ccc(S(N)(=O)=O)cc3)nc(Nc3ccccc3S(C)(=O)=O)c21. The highest BCUT2D eigenvalue weighted by Crippen LogP contribution is 2.30. The fourth-order valence-electron chi connectivity index (χ4n) is 3.21. The number of nitrogens with two attached hydrogens (primary N) is 1. The van der Waals surface area contributed by atoms with E-state index in [1.165, 1.54) is 18.2 Å². The van der Waals surface area contributed by atoms with E-state index in [1.54, 1.807) is 36.4 Å². The van der Waals surface area contributed by atoms with Gasteiger partial charge in [0.1, 0.15) is 5.52 Å². The lowest BCUT2D eigenvalue weighted by Crippen LogP contribution is -2.11. The number of sulfonamides is 1. The third-order valence-corrected chi connectivity index (χ3v) is 6.78. The third-order valence-electron chi connectivity index (χ3n) is 4.70. The highest BCUT2D eigenvalue weighted by atomic mass is 32.2. The van der Waals surface area contributed by atoms with Crippen LogP contribution in [0.1, 0.15) is 0 Å². The number of hydrogen-bond acceptors (Lipinski definition) is 8. The Hall–Kier alpha value is -3.48. The number of aromatic nitrogens is 3. The summed E-state index contributed by atoms with van der Waals surface area (Å²) in [6.45, 7) is 0. The Bertz CT molecular complexity index is 1530. The first-order valence-corrected chi connectivity index (χ1v) is 12.8. The van der Waals surface area contributed by atoms with Gasteiger partial charge < -0.3 is 15.2 Å². The van der Waals surface area contributed by atoms with Crippen LogP contribution in [0, 0.1) is 0 Å². The van der Waals surface area contributed by atoms with E-state index in [4.69, 9.17) is 5.14 Å². The van der Waals surface area contributed by atoms with E-state index in [2.05, 4.69) is 20.6 Å². The van der Waals surface area contributed by atoms with Gasteiger partial charge in [0.05, 0.1) is 21.0 Å². The molecule has 0 spiro atoms. The Kier molecular flexibility index (Phi) is 5.36. The van der Waals surface area contributed by atoms with E-state index in [0.29, 0.717) is 28.2 Å². The van der Waals surface area contributed by atoms with Crippen LogP contribution in [0.15, 0.2) is 70.6 Å². The molecule has 4 rings (SSSR count). The molecule has 0 amide bonds. The summed E-state index contributed by atoms with van der Waals surface area (Å²) < 4.78 is 49.1. The van der Waals surface area contributed by atoms with Crippen LogP contribution in [0.4, 0.5) is 23.1 Å². The first-order chi connectivity index (χ1) is 15.0. The molecule has 0 aliphatic rings. The Morgan fingerprint density at radius 2 is 1.59 bits per heavy atom. The predicted molar refractivity (Wildman–Crippen MR) is 122 cm³/mol. The van der Waals surface area contributed by atoms with E-state index in [-0.39, 0.29) is 15.7 Å². The smallest absolute Gasteiger partial charge is 0.238 e. The van der Waals surface area contributed by atoms with Gasteiger partial charge in [-0.1, -0.05) is 12.1 Å². The van der Waals surface area contributed by atoms with Crippen LogP contribution in [0.2, 0.25) is 0 Å². The average molecular weight is 473 g/mol. The van der Waals surface area contributed by atoms with E-state index in [0.717, 1.165) is 6.26 Å². The molecule has 12 heteroatoms. The summed E-state index contributed by atoms with van der Waals surface area (Å²) in [5.41, 5.74) is 2.25. The van der Waals surface area contributed by atoms with Gasteiger partial charge in [-0.2, -0.15) is 4.98 Å². The van der Waals surface area contributed by atoms with Gasteiger partial charge in [0, 0.05) is 25.2 Å². The van der Waals surface area contributed by atoms with Crippen LogP contribution in [0.25, 0.3) is 11.0 Å². The molecule has 2 aromatic carbocycles. The lowest BCUT2D eigenvalue weighted by Gasteiger charge is -2.14. The van der Waals surface area contributed by atoms with Crippen molar-refractivity contribution in [3.05, 3.63) is 60.8 Å². The number of sulfone groups is 1. The quantitative estimate of drug-likeness (QED) is 0.387. The standard InChI is InChI=1S/C20H20N6O4S2/c1-26-12-11-16-18(26)19(23-15-5-3-4-6-17(15)31(2,27)28)25-20(24-16)22-13-7-9-14(10-8-13)32(21,29)30/h3-12H,1-2H3,(H2,21,29,30)(H2,22,23,24,25). The molecule has 4 aromatic rings. The Morgan fingerprint density at radius 3 is 2.25 bits per heavy atom. The fraction of sp³-hybridized carbons (Fsp3) is 0.100. The van der Waals surface area contributed by atoms with Crippen molar-refractivity contribution < 1.29 is 16.8 Å². The second kappa shape index (κ2) is 7.89. The van der Waals surface area contributed by atoms with Crippen LogP contribution in [0.3, 0.4) is 0 Å². The molecule has 0 aliphatic carbocycles. The number of para-hydroxylation sites is 1. The van der Waals surface area contributed by atoms with Crippen LogP contribution >= 0.6 is 0 Å². The van der Waals surface area contributed by atoms with Crippen molar-refractivity contribution in [2.24, 2.45) is 12.2 Å². The highest BCUT2D eigenvalue weighted by molar-refractivity contribution is 7.91. The second-order valence-electron chi connectivity index (χ2n) is 7.14. The summed E-state index contributed by atoms with van der Waals surface area (Å²) in [4.78, 5) is 9.15. The van der Waals surface area contributed by atoms with Crippen molar-refractivity contribution >= 4 is 54.0 Å². The number of benzene rings is 2. The van der Waals surface area contributed by atoms with Gasteiger partial charge in [-0.05, 0) is 42.5 Å². The molecule has 2 aromatic heterocycles. The molecule has 4 N–H and O–H groups in total. The van der Waals surface area contributed by atoms with Gasteiger partial charge >= 0.3 is 0 Å². The highest BCUT2D eigenvalue weighted by Gasteiger charge is 2.17. The van der Waals surface area contributed by atoms with Gasteiger partial charge in [-0.3, -0.25) is 0 Å². The van der Waals surface area contributed by atoms with Gasteiger partial charge in [-0.25, -0.2) is 27.0 Å². The third kappa shape index (κ3) is 4.42. The number of rotatable bonds is 6. The maximum absolute atomic E-state index is 12.2. The summed E-state index contributed by atoms with van der Waals surface area (Å²) in [6.07, 6.45) is 2.96. The topological polar surface area (TPSA) is 149 Å². The number of nitrogens with zero attached hydrogens (tertiary/aromatic N) is 3. The lowest BCUT2D eigenvalue weighted by molar-refractivity contribution is 0.597. The Morgan fingerprint density at radius 1 is 0.906 bits per heavy atom.